The molecular weight excluding hydrogens is 326 g/mol. The molecule has 1 amide bonds. The van der Waals surface area contributed by atoms with Crippen LogP contribution in [0.5, 0.6) is 0 Å². The minimum Gasteiger partial charge on any atom is -0.340 e. The molecule has 1 atom stereocenters. The summed E-state index contributed by atoms with van der Waals surface area (Å²) < 4.78 is 27.4. The number of likely N-dealkylation sites (tertiary alicyclic amines) is 1. The molecule has 7 heteroatoms. The number of hydrogen-bond acceptors (Lipinski definition) is 3. The van der Waals surface area contributed by atoms with Gasteiger partial charge in [-0.2, -0.15) is 0 Å². The number of piperidine rings is 1. The molecule has 2 aromatic rings. The number of benzene rings is 1. The molecule has 130 valence electrons. The van der Waals surface area contributed by atoms with Crippen molar-refractivity contribution in [3.8, 4) is 0 Å². The molecule has 3 rings (SSSR count). The van der Waals surface area contributed by atoms with Crippen LogP contribution in [0.25, 0.3) is 10.9 Å². The van der Waals surface area contributed by atoms with E-state index in [1.54, 1.807) is 4.90 Å². The molecule has 24 heavy (non-hydrogen) atoms. The molecule has 0 bridgehead atoms. The predicted molar refractivity (Wildman–Crippen MR) is 94.3 cm³/mol. The van der Waals surface area contributed by atoms with Crippen LogP contribution in [0.4, 0.5) is 0 Å². The van der Waals surface area contributed by atoms with Crippen molar-refractivity contribution in [3.05, 3.63) is 36.0 Å². The van der Waals surface area contributed by atoms with Crippen LogP contribution in [0, 0.1) is 6.92 Å². The van der Waals surface area contributed by atoms with Crippen LogP contribution < -0.4 is 4.72 Å². The Balaban J connectivity index is 1.73. The zero-order valence-corrected chi connectivity index (χ0v) is 14.8. The Hall–Kier alpha value is -1.86. The lowest BCUT2D eigenvalue weighted by Crippen LogP contribution is -2.50. The molecule has 0 radical (unpaired) electrons. The second kappa shape index (κ2) is 6.57. The topological polar surface area (TPSA) is 71.4 Å². The van der Waals surface area contributed by atoms with Gasteiger partial charge in [-0.05, 0) is 37.3 Å². The molecule has 1 aromatic carbocycles. The summed E-state index contributed by atoms with van der Waals surface area (Å²) >= 11 is 0. The van der Waals surface area contributed by atoms with Gasteiger partial charge in [-0.15, -0.1) is 0 Å². The molecule has 1 N–H and O–H groups in total. The molecule has 1 fully saturated rings. The average molecular weight is 349 g/mol. The Kier molecular flexibility index (Phi) is 4.64. The van der Waals surface area contributed by atoms with E-state index in [9.17, 15) is 13.2 Å². The number of hydrogen-bond donors (Lipinski definition) is 1. The number of fused-ring (bicyclic) bond motifs is 1. The molecule has 1 aliphatic heterocycles. The fourth-order valence-electron chi connectivity index (χ4n) is 3.40. The van der Waals surface area contributed by atoms with Gasteiger partial charge >= 0.3 is 0 Å². The highest BCUT2D eigenvalue weighted by atomic mass is 32.2. The third kappa shape index (κ3) is 3.79. The smallest absolute Gasteiger partial charge is 0.242 e. The molecular formula is C17H23N3O3S. The van der Waals surface area contributed by atoms with Crippen molar-refractivity contribution >= 4 is 26.8 Å². The zero-order valence-electron chi connectivity index (χ0n) is 14.0. The molecule has 1 aliphatic rings. The summed E-state index contributed by atoms with van der Waals surface area (Å²) in [5.74, 6) is 0.0273. The first-order chi connectivity index (χ1) is 11.3. The fraction of sp³-hybridized carbons (Fsp3) is 0.471. The number of aromatic nitrogens is 1. The van der Waals surface area contributed by atoms with Crippen molar-refractivity contribution < 1.29 is 13.2 Å². The Morgan fingerprint density at radius 2 is 2.08 bits per heavy atom. The monoisotopic (exact) mass is 349 g/mol. The van der Waals surface area contributed by atoms with Crippen molar-refractivity contribution in [3.63, 3.8) is 0 Å². The number of sulfonamides is 1. The van der Waals surface area contributed by atoms with E-state index in [2.05, 4.69) is 10.8 Å². The van der Waals surface area contributed by atoms with E-state index in [-0.39, 0.29) is 18.5 Å². The second-order valence-corrected chi connectivity index (χ2v) is 8.28. The quantitative estimate of drug-likeness (QED) is 0.909. The summed E-state index contributed by atoms with van der Waals surface area (Å²) in [5.41, 5.74) is 2.10. The number of para-hydroxylation sites is 1. The van der Waals surface area contributed by atoms with Crippen molar-refractivity contribution in [2.45, 2.75) is 32.4 Å². The Labute approximate surface area is 142 Å². The minimum absolute atomic E-state index is 0.0273. The van der Waals surface area contributed by atoms with Crippen LogP contribution in [-0.2, 0) is 21.4 Å². The van der Waals surface area contributed by atoms with Gasteiger partial charge in [-0.3, -0.25) is 4.79 Å². The number of carbonyl (C=O) groups is 1. The second-order valence-electron chi connectivity index (χ2n) is 6.50. The lowest BCUT2D eigenvalue weighted by molar-refractivity contribution is -0.133. The summed E-state index contributed by atoms with van der Waals surface area (Å²) in [6, 6.07) is 9.89. The lowest BCUT2D eigenvalue weighted by Gasteiger charge is -2.33. The molecule has 0 saturated carbocycles. The van der Waals surface area contributed by atoms with E-state index in [0.717, 1.165) is 35.7 Å². The van der Waals surface area contributed by atoms with E-state index < -0.39 is 10.0 Å². The maximum atomic E-state index is 12.7. The van der Waals surface area contributed by atoms with Crippen molar-refractivity contribution in [2.75, 3.05) is 19.3 Å². The molecule has 1 unspecified atom stereocenters. The van der Waals surface area contributed by atoms with E-state index in [4.69, 9.17) is 0 Å². The summed E-state index contributed by atoms with van der Waals surface area (Å²) in [4.78, 5) is 14.5. The third-order valence-electron chi connectivity index (χ3n) is 4.47. The highest BCUT2D eigenvalue weighted by Crippen LogP contribution is 2.20. The maximum Gasteiger partial charge on any atom is 0.242 e. The van der Waals surface area contributed by atoms with Crippen LogP contribution >= 0.6 is 0 Å². The van der Waals surface area contributed by atoms with Crippen LogP contribution in [-0.4, -0.2) is 49.2 Å². The Morgan fingerprint density at radius 3 is 2.83 bits per heavy atom. The van der Waals surface area contributed by atoms with Gasteiger partial charge in [0.2, 0.25) is 15.9 Å². The Bertz CT molecular complexity index is 857. The van der Waals surface area contributed by atoms with Crippen LogP contribution in [0.15, 0.2) is 30.3 Å². The number of amides is 1. The SMILES string of the molecule is Cc1cc2ccccc2n1CC(=O)N1CCCC(NS(C)(=O)=O)C1. The number of nitrogens with zero attached hydrogens (tertiary/aromatic N) is 2. The third-order valence-corrected chi connectivity index (χ3v) is 5.23. The van der Waals surface area contributed by atoms with Gasteiger partial charge in [0.15, 0.2) is 0 Å². The molecule has 1 saturated heterocycles. The molecule has 0 aliphatic carbocycles. The van der Waals surface area contributed by atoms with E-state index in [1.165, 1.54) is 0 Å². The largest absolute Gasteiger partial charge is 0.340 e. The summed E-state index contributed by atoms with van der Waals surface area (Å²) in [6.07, 6.45) is 2.73. The minimum atomic E-state index is -3.25. The van der Waals surface area contributed by atoms with Gasteiger partial charge < -0.3 is 9.47 Å². The van der Waals surface area contributed by atoms with E-state index in [0.29, 0.717) is 13.1 Å². The average Bonchev–Trinajstić information content (AvgIpc) is 2.82. The highest BCUT2D eigenvalue weighted by molar-refractivity contribution is 7.88. The number of rotatable bonds is 4. The maximum absolute atomic E-state index is 12.7. The number of aryl methyl sites for hydroxylation is 1. The molecule has 6 nitrogen and oxygen atoms in total. The van der Waals surface area contributed by atoms with Crippen LogP contribution in [0.1, 0.15) is 18.5 Å². The van der Waals surface area contributed by atoms with Gasteiger partial charge in [0, 0.05) is 30.3 Å². The zero-order chi connectivity index (χ0) is 17.3. The van der Waals surface area contributed by atoms with Crippen LogP contribution in [0.2, 0.25) is 0 Å². The fourth-order valence-corrected chi connectivity index (χ4v) is 4.19. The van der Waals surface area contributed by atoms with Crippen molar-refractivity contribution in [2.24, 2.45) is 0 Å². The van der Waals surface area contributed by atoms with Crippen molar-refractivity contribution in [1.29, 1.82) is 0 Å². The Morgan fingerprint density at radius 1 is 1.33 bits per heavy atom. The molecule has 2 heterocycles. The first-order valence-corrected chi connectivity index (χ1v) is 10.0. The first kappa shape index (κ1) is 17.0. The van der Waals surface area contributed by atoms with E-state index in [1.807, 2.05) is 35.8 Å². The lowest BCUT2D eigenvalue weighted by atomic mass is 10.1. The summed E-state index contributed by atoms with van der Waals surface area (Å²) in [7, 11) is -3.25. The van der Waals surface area contributed by atoms with Crippen molar-refractivity contribution in [1.82, 2.24) is 14.2 Å². The standard InChI is InChI=1S/C17H23N3O3S/c1-13-10-14-6-3-4-8-16(14)20(13)12-17(21)19-9-5-7-15(11-19)18-24(2,22)23/h3-4,6,8,10,15,18H,5,7,9,11-12H2,1-2H3. The highest BCUT2D eigenvalue weighted by Gasteiger charge is 2.26. The van der Waals surface area contributed by atoms with Crippen LogP contribution in [0.3, 0.4) is 0 Å². The number of nitrogens with one attached hydrogen (secondary N) is 1. The van der Waals surface area contributed by atoms with Gasteiger partial charge in [0.05, 0.1) is 6.26 Å². The predicted octanol–water partition coefficient (Wildman–Crippen LogP) is 1.49. The summed E-state index contributed by atoms with van der Waals surface area (Å²) in [5, 5.41) is 1.12. The first-order valence-electron chi connectivity index (χ1n) is 8.13. The van der Waals surface area contributed by atoms with Gasteiger partial charge in [-0.25, -0.2) is 13.1 Å². The van der Waals surface area contributed by atoms with Gasteiger partial charge in [0.1, 0.15) is 6.54 Å². The summed E-state index contributed by atoms with van der Waals surface area (Å²) in [6.45, 7) is 3.39. The number of carbonyl (C=O) groups excluding carboxylic acids is 1. The van der Waals surface area contributed by atoms with E-state index >= 15 is 0 Å². The normalized spacial score (nSPS) is 18.9. The molecule has 0 spiro atoms. The van der Waals surface area contributed by atoms with Gasteiger partial charge in [-0.1, -0.05) is 18.2 Å². The van der Waals surface area contributed by atoms with Gasteiger partial charge in [0.25, 0.3) is 0 Å². The molecule has 1 aromatic heterocycles.